The predicted molar refractivity (Wildman–Crippen MR) is 122 cm³/mol. The second kappa shape index (κ2) is 8.91. The lowest BCUT2D eigenvalue weighted by Gasteiger charge is -2.24. The SMILES string of the molecule is COc1cc(N)c2nc(C3CCCC3)c(C(C)CCCN)cc2c1C1CCCC1. The van der Waals surface area contributed by atoms with Gasteiger partial charge >= 0.3 is 0 Å². The summed E-state index contributed by atoms with van der Waals surface area (Å²) in [6.07, 6.45) is 12.4. The van der Waals surface area contributed by atoms with Crippen LogP contribution in [0.4, 0.5) is 5.69 Å². The number of hydrogen-bond acceptors (Lipinski definition) is 4. The molecule has 2 fully saturated rings. The monoisotopic (exact) mass is 395 g/mol. The van der Waals surface area contributed by atoms with E-state index in [2.05, 4.69) is 13.0 Å². The lowest BCUT2D eigenvalue weighted by atomic mass is 9.85. The molecule has 0 bridgehead atoms. The Morgan fingerprint density at radius 2 is 1.72 bits per heavy atom. The van der Waals surface area contributed by atoms with Gasteiger partial charge in [-0.1, -0.05) is 32.6 Å². The molecule has 29 heavy (non-hydrogen) atoms. The summed E-state index contributed by atoms with van der Waals surface area (Å²) >= 11 is 0. The third-order valence-corrected chi connectivity index (χ3v) is 7.30. The fraction of sp³-hybridized carbons (Fsp3) is 0.640. The number of benzene rings is 1. The Morgan fingerprint density at radius 3 is 2.34 bits per heavy atom. The molecule has 2 aliphatic carbocycles. The quantitative estimate of drug-likeness (QED) is 0.565. The molecule has 1 atom stereocenters. The number of aromatic nitrogens is 1. The lowest BCUT2D eigenvalue weighted by Crippen LogP contribution is -2.10. The van der Waals surface area contributed by atoms with Gasteiger partial charge < -0.3 is 16.2 Å². The zero-order valence-electron chi connectivity index (χ0n) is 18.2. The number of anilines is 1. The third kappa shape index (κ3) is 3.96. The van der Waals surface area contributed by atoms with E-state index in [-0.39, 0.29) is 0 Å². The van der Waals surface area contributed by atoms with Crippen molar-refractivity contribution in [2.24, 2.45) is 5.73 Å². The van der Waals surface area contributed by atoms with Crippen molar-refractivity contribution in [1.82, 2.24) is 4.98 Å². The molecule has 1 heterocycles. The lowest BCUT2D eigenvalue weighted by molar-refractivity contribution is 0.407. The Balaban J connectivity index is 1.92. The Morgan fingerprint density at radius 1 is 1.07 bits per heavy atom. The van der Waals surface area contributed by atoms with E-state index in [1.54, 1.807) is 7.11 Å². The van der Waals surface area contributed by atoms with Crippen molar-refractivity contribution in [3.8, 4) is 5.75 Å². The van der Waals surface area contributed by atoms with Crippen LogP contribution in [0, 0.1) is 0 Å². The number of ether oxygens (including phenoxy) is 1. The molecule has 2 aliphatic rings. The molecule has 4 heteroatoms. The minimum Gasteiger partial charge on any atom is -0.496 e. The van der Waals surface area contributed by atoms with Gasteiger partial charge in [-0.05, 0) is 68.5 Å². The van der Waals surface area contributed by atoms with E-state index >= 15 is 0 Å². The molecule has 0 amide bonds. The molecule has 0 aliphatic heterocycles. The standard InChI is InChI=1S/C25H37N3O/c1-16(8-7-13-26)19-14-20-23(17-9-3-4-10-17)22(29-2)15-21(27)25(20)28-24(19)18-11-5-6-12-18/h14-18H,3-13,26-27H2,1-2H3. The summed E-state index contributed by atoms with van der Waals surface area (Å²) in [4.78, 5) is 5.28. The van der Waals surface area contributed by atoms with Crippen LogP contribution in [0.2, 0.25) is 0 Å². The van der Waals surface area contributed by atoms with E-state index < -0.39 is 0 Å². The highest BCUT2D eigenvalue weighted by molar-refractivity contribution is 5.95. The normalized spacial score (nSPS) is 19.3. The molecular formula is C25H37N3O. The molecule has 2 aromatic rings. The molecule has 4 rings (SSSR count). The van der Waals surface area contributed by atoms with Gasteiger partial charge in [0.05, 0.1) is 18.3 Å². The van der Waals surface area contributed by atoms with Crippen LogP contribution in [0.15, 0.2) is 12.1 Å². The van der Waals surface area contributed by atoms with Crippen LogP contribution in [0.5, 0.6) is 5.75 Å². The highest BCUT2D eigenvalue weighted by Crippen LogP contribution is 2.46. The fourth-order valence-electron chi connectivity index (χ4n) is 5.69. The molecular weight excluding hydrogens is 358 g/mol. The number of pyridine rings is 1. The van der Waals surface area contributed by atoms with Crippen LogP contribution in [0.1, 0.15) is 106 Å². The van der Waals surface area contributed by atoms with Crippen molar-refractivity contribution in [3.05, 3.63) is 29.0 Å². The number of hydrogen-bond donors (Lipinski definition) is 2. The average Bonchev–Trinajstić information content (AvgIpc) is 3.45. The highest BCUT2D eigenvalue weighted by atomic mass is 16.5. The van der Waals surface area contributed by atoms with E-state index in [1.165, 1.54) is 73.6 Å². The summed E-state index contributed by atoms with van der Waals surface area (Å²) in [5.41, 5.74) is 18.1. The predicted octanol–water partition coefficient (Wildman–Crippen LogP) is 5.98. The molecule has 0 radical (unpaired) electrons. The van der Waals surface area contributed by atoms with Gasteiger partial charge in [0.2, 0.25) is 0 Å². The first kappa shape index (κ1) is 20.5. The van der Waals surface area contributed by atoms with Crippen molar-refractivity contribution in [1.29, 1.82) is 0 Å². The second-order valence-corrected chi connectivity index (χ2v) is 9.24. The Labute approximate surface area is 175 Å². The maximum absolute atomic E-state index is 6.52. The maximum atomic E-state index is 6.52. The zero-order valence-corrected chi connectivity index (χ0v) is 18.2. The van der Waals surface area contributed by atoms with Crippen molar-refractivity contribution >= 4 is 16.6 Å². The molecule has 158 valence electrons. The van der Waals surface area contributed by atoms with E-state index in [4.69, 9.17) is 21.2 Å². The smallest absolute Gasteiger partial charge is 0.125 e. The van der Waals surface area contributed by atoms with Crippen LogP contribution in [0.25, 0.3) is 10.9 Å². The van der Waals surface area contributed by atoms with Crippen LogP contribution in [-0.2, 0) is 0 Å². The van der Waals surface area contributed by atoms with Crippen molar-refractivity contribution < 1.29 is 4.74 Å². The Kier molecular flexibility index (Phi) is 6.29. The second-order valence-electron chi connectivity index (χ2n) is 9.24. The van der Waals surface area contributed by atoms with Crippen LogP contribution < -0.4 is 16.2 Å². The van der Waals surface area contributed by atoms with Gasteiger partial charge in [-0.15, -0.1) is 0 Å². The summed E-state index contributed by atoms with van der Waals surface area (Å²) in [6.45, 7) is 3.09. The number of nitrogens with zero attached hydrogens (tertiary/aromatic N) is 1. The molecule has 1 unspecified atom stereocenters. The van der Waals surface area contributed by atoms with E-state index in [0.29, 0.717) is 17.8 Å². The van der Waals surface area contributed by atoms with E-state index in [1.807, 2.05) is 6.07 Å². The Hall–Kier alpha value is -1.81. The summed E-state index contributed by atoms with van der Waals surface area (Å²) in [5, 5.41) is 1.23. The number of methoxy groups -OCH3 is 1. The number of nitrogen functional groups attached to an aromatic ring is 1. The minimum atomic E-state index is 0.468. The molecule has 0 spiro atoms. The van der Waals surface area contributed by atoms with E-state index in [9.17, 15) is 0 Å². The minimum absolute atomic E-state index is 0.468. The molecule has 4 N–H and O–H groups in total. The van der Waals surface area contributed by atoms with Gasteiger partial charge in [-0.2, -0.15) is 0 Å². The van der Waals surface area contributed by atoms with Crippen LogP contribution in [0.3, 0.4) is 0 Å². The summed E-state index contributed by atoms with van der Waals surface area (Å²) < 4.78 is 5.82. The first-order chi connectivity index (χ1) is 14.1. The first-order valence-corrected chi connectivity index (χ1v) is 11.6. The number of fused-ring (bicyclic) bond motifs is 1. The molecule has 1 aromatic carbocycles. The highest BCUT2D eigenvalue weighted by Gasteiger charge is 2.28. The van der Waals surface area contributed by atoms with Crippen LogP contribution >= 0.6 is 0 Å². The van der Waals surface area contributed by atoms with Gasteiger partial charge in [0, 0.05) is 28.6 Å². The molecule has 2 saturated carbocycles. The number of nitrogens with two attached hydrogens (primary N) is 2. The van der Waals surface area contributed by atoms with Crippen molar-refractivity contribution in [2.75, 3.05) is 19.4 Å². The largest absolute Gasteiger partial charge is 0.496 e. The van der Waals surface area contributed by atoms with Crippen molar-refractivity contribution in [2.45, 2.75) is 88.9 Å². The first-order valence-electron chi connectivity index (χ1n) is 11.6. The summed E-state index contributed by atoms with van der Waals surface area (Å²) in [7, 11) is 1.77. The van der Waals surface area contributed by atoms with Gasteiger partial charge in [0.1, 0.15) is 5.75 Å². The molecule has 4 nitrogen and oxygen atoms in total. The summed E-state index contributed by atoms with van der Waals surface area (Å²) in [5.74, 6) is 2.54. The van der Waals surface area contributed by atoms with Crippen molar-refractivity contribution in [3.63, 3.8) is 0 Å². The topological polar surface area (TPSA) is 74.2 Å². The third-order valence-electron chi connectivity index (χ3n) is 7.30. The summed E-state index contributed by atoms with van der Waals surface area (Å²) in [6, 6.07) is 4.45. The fourth-order valence-corrected chi connectivity index (χ4v) is 5.69. The van der Waals surface area contributed by atoms with Crippen LogP contribution in [-0.4, -0.2) is 18.6 Å². The number of rotatable bonds is 7. The maximum Gasteiger partial charge on any atom is 0.125 e. The van der Waals surface area contributed by atoms with Gasteiger partial charge in [0.25, 0.3) is 0 Å². The zero-order chi connectivity index (χ0) is 20.4. The molecule has 0 saturated heterocycles. The van der Waals surface area contributed by atoms with Gasteiger partial charge in [0.15, 0.2) is 0 Å². The molecule has 1 aromatic heterocycles. The average molecular weight is 396 g/mol. The van der Waals surface area contributed by atoms with Gasteiger partial charge in [-0.25, -0.2) is 0 Å². The van der Waals surface area contributed by atoms with E-state index in [0.717, 1.165) is 36.3 Å². The Bertz CT molecular complexity index is 851. The van der Waals surface area contributed by atoms with Gasteiger partial charge in [-0.3, -0.25) is 4.98 Å².